The fraction of sp³-hybridized carbons (Fsp3) is 0.667. The lowest BCUT2D eigenvalue weighted by molar-refractivity contribution is -0.119. The first-order valence-electron chi connectivity index (χ1n) is 6.49. The van der Waals surface area contributed by atoms with E-state index < -0.39 is 0 Å². The van der Waals surface area contributed by atoms with Gasteiger partial charge in [-0.25, -0.2) is 5.84 Å². The van der Waals surface area contributed by atoms with Crippen molar-refractivity contribution in [2.45, 2.75) is 33.2 Å². The first-order valence-corrected chi connectivity index (χ1v) is 6.49. The van der Waals surface area contributed by atoms with Crippen LogP contribution in [-0.4, -0.2) is 33.7 Å². The normalized spacial score (nSPS) is 11.0. The van der Waals surface area contributed by atoms with Gasteiger partial charge in [0, 0.05) is 19.2 Å². The van der Waals surface area contributed by atoms with E-state index in [1.807, 2.05) is 18.9 Å². The van der Waals surface area contributed by atoms with Gasteiger partial charge in [-0.05, 0) is 19.9 Å². The molecule has 19 heavy (non-hydrogen) atoms. The van der Waals surface area contributed by atoms with Crippen molar-refractivity contribution in [2.75, 3.05) is 18.5 Å². The van der Waals surface area contributed by atoms with Gasteiger partial charge in [0.25, 0.3) is 0 Å². The Bertz CT molecular complexity index is 428. The van der Waals surface area contributed by atoms with E-state index in [-0.39, 0.29) is 12.5 Å². The van der Waals surface area contributed by atoms with E-state index in [0.717, 1.165) is 36.5 Å². The summed E-state index contributed by atoms with van der Waals surface area (Å²) in [6.07, 6.45) is 2.10. The van der Waals surface area contributed by atoms with Gasteiger partial charge in [0.2, 0.25) is 5.91 Å². The van der Waals surface area contributed by atoms with Crippen molar-refractivity contribution in [2.24, 2.45) is 18.6 Å². The Balaban J connectivity index is 2.85. The molecular formula is C12H24N6O. The van der Waals surface area contributed by atoms with Crippen LogP contribution in [0.3, 0.4) is 0 Å². The lowest BCUT2D eigenvalue weighted by Gasteiger charge is -2.20. The first-order chi connectivity index (χ1) is 8.99. The number of hydrogen-bond donors (Lipinski definition) is 3. The maximum absolute atomic E-state index is 11.1. The average molecular weight is 268 g/mol. The molecule has 7 nitrogen and oxygen atoms in total. The molecule has 108 valence electrons. The van der Waals surface area contributed by atoms with Gasteiger partial charge >= 0.3 is 0 Å². The van der Waals surface area contributed by atoms with Crippen LogP contribution in [0.4, 0.5) is 5.82 Å². The van der Waals surface area contributed by atoms with Crippen molar-refractivity contribution in [3.63, 3.8) is 0 Å². The van der Waals surface area contributed by atoms with Gasteiger partial charge < -0.3 is 11.2 Å². The van der Waals surface area contributed by atoms with Crippen LogP contribution in [-0.2, 0) is 18.4 Å². The number of carbonyl (C=O) groups excluding carboxylic acids is 1. The summed E-state index contributed by atoms with van der Waals surface area (Å²) in [5.74, 6) is 5.97. The van der Waals surface area contributed by atoms with E-state index in [4.69, 9.17) is 11.6 Å². The number of nitrogens with two attached hydrogens (primary N) is 2. The lowest BCUT2D eigenvalue weighted by atomic mass is 10.2. The molecule has 5 N–H and O–H groups in total. The number of primary amides is 1. The number of nitrogens with zero attached hydrogens (tertiary/aromatic N) is 3. The maximum atomic E-state index is 11.1. The summed E-state index contributed by atoms with van der Waals surface area (Å²) in [7, 11) is 1.83. The minimum atomic E-state index is -0.320. The van der Waals surface area contributed by atoms with E-state index in [0.29, 0.717) is 6.54 Å². The molecule has 1 amide bonds. The van der Waals surface area contributed by atoms with Crippen LogP contribution in [0.15, 0.2) is 0 Å². The van der Waals surface area contributed by atoms with Crippen LogP contribution in [0.1, 0.15) is 31.0 Å². The number of unbranched alkanes of at least 4 members (excludes halogenated alkanes) is 1. The van der Waals surface area contributed by atoms with Crippen molar-refractivity contribution in [1.29, 1.82) is 0 Å². The van der Waals surface area contributed by atoms with Crippen LogP contribution >= 0.6 is 0 Å². The number of nitrogen functional groups attached to an aromatic ring is 1. The molecule has 0 atom stereocenters. The lowest BCUT2D eigenvalue weighted by Crippen LogP contribution is -2.34. The number of amides is 1. The van der Waals surface area contributed by atoms with Crippen molar-refractivity contribution in [3.05, 3.63) is 11.3 Å². The van der Waals surface area contributed by atoms with Gasteiger partial charge in [-0.3, -0.25) is 14.4 Å². The van der Waals surface area contributed by atoms with E-state index in [9.17, 15) is 4.79 Å². The topological polar surface area (TPSA) is 102 Å². The van der Waals surface area contributed by atoms with Gasteiger partial charge in [0.05, 0.1) is 12.2 Å². The molecule has 0 unspecified atom stereocenters. The van der Waals surface area contributed by atoms with E-state index in [2.05, 4.69) is 17.4 Å². The van der Waals surface area contributed by atoms with Gasteiger partial charge in [0.1, 0.15) is 5.82 Å². The fourth-order valence-electron chi connectivity index (χ4n) is 2.11. The summed E-state index contributed by atoms with van der Waals surface area (Å²) < 4.78 is 1.70. The predicted molar refractivity (Wildman–Crippen MR) is 75.1 cm³/mol. The molecule has 0 saturated heterocycles. The number of rotatable bonds is 8. The number of aromatic nitrogens is 2. The highest BCUT2D eigenvalue weighted by Gasteiger charge is 2.17. The third-order valence-electron chi connectivity index (χ3n) is 3.07. The zero-order chi connectivity index (χ0) is 14.4. The number of carbonyl (C=O) groups is 1. The molecule has 0 radical (unpaired) electrons. The Hall–Kier alpha value is -1.60. The molecule has 0 aliphatic heterocycles. The van der Waals surface area contributed by atoms with Crippen LogP contribution in [0.2, 0.25) is 0 Å². The Labute approximate surface area is 113 Å². The van der Waals surface area contributed by atoms with Crippen LogP contribution in [0, 0.1) is 6.92 Å². The molecule has 7 heteroatoms. The van der Waals surface area contributed by atoms with E-state index >= 15 is 0 Å². The minimum absolute atomic E-state index is 0.248. The summed E-state index contributed by atoms with van der Waals surface area (Å²) in [4.78, 5) is 13.2. The van der Waals surface area contributed by atoms with Crippen LogP contribution < -0.4 is 17.0 Å². The van der Waals surface area contributed by atoms with Gasteiger partial charge in [-0.15, -0.1) is 0 Å². The van der Waals surface area contributed by atoms with Crippen molar-refractivity contribution < 1.29 is 4.79 Å². The minimum Gasteiger partial charge on any atom is -0.369 e. The summed E-state index contributed by atoms with van der Waals surface area (Å²) in [6.45, 7) is 5.74. The molecule has 0 aliphatic rings. The van der Waals surface area contributed by atoms with E-state index in [1.54, 1.807) is 4.68 Å². The number of hydrazine groups is 1. The molecule has 0 aliphatic carbocycles. The summed E-state index contributed by atoms with van der Waals surface area (Å²) in [6, 6.07) is 0. The number of hydrogen-bond acceptors (Lipinski definition) is 5. The van der Waals surface area contributed by atoms with Crippen LogP contribution in [0.5, 0.6) is 0 Å². The van der Waals surface area contributed by atoms with Crippen LogP contribution in [0.25, 0.3) is 0 Å². The quantitative estimate of drug-likeness (QED) is 0.458. The highest BCUT2D eigenvalue weighted by atomic mass is 16.1. The highest BCUT2D eigenvalue weighted by molar-refractivity contribution is 5.75. The number of nitrogens with one attached hydrogen (secondary N) is 1. The standard InChI is InChI=1S/C12H24N6O/c1-4-5-6-18(8-11(13)19)7-10-9(2)16-17(3)12(10)15-14/h15H,4-8,14H2,1-3H3,(H2,13,19). The van der Waals surface area contributed by atoms with Crippen molar-refractivity contribution in [3.8, 4) is 0 Å². The molecule has 1 heterocycles. The number of anilines is 1. The molecule has 1 rings (SSSR count). The van der Waals surface area contributed by atoms with E-state index in [1.165, 1.54) is 0 Å². The molecule has 0 bridgehead atoms. The maximum Gasteiger partial charge on any atom is 0.231 e. The van der Waals surface area contributed by atoms with Crippen molar-refractivity contribution in [1.82, 2.24) is 14.7 Å². The Morgan fingerprint density at radius 1 is 1.53 bits per heavy atom. The summed E-state index contributed by atoms with van der Waals surface area (Å²) in [5.41, 5.74) is 9.85. The van der Waals surface area contributed by atoms with Crippen molar-refractivity contribution >= 4 is 11.7 Å². The largest absolute Gasteiger partial charge is 0.369 e. The molecule has 0 saturated carbocycles. The molecule has 0 fully saturated rings. The Kier molecular flexibility index (Phi) is 5.78. The Morgan fingerprint density at radius 2 is 2.21 bits per heavy atom. The van der Waals surface area contributed by atoms with Gasteiger partial charge in [0.15, 0.2) is 0 Å². The van der Waals surface area contributed by atoms with Gasteiger partial charge in [-0.1, -0.05) is 13.3 Å². The Morgan fingerprint density at radius 3 is 2.74 bits per heavy atom. The zero-order valence-electron chi connectivity index (χ0n) is 11.9. The predicted octanol–water partition coefficient (Wildman–Crippen LogP) is 0.102. The third-order valence-corrected chi connectivity index (χ3v) is 3.07. The SMILES string of the molecule is CCCCN(CC(N)=O)Cc1c(C)nn(C)c1NN. The zero-order valence-corrected chi connectivity index (χ0v) is 11.9. The molecule has 0 aromatic carbocycles. The number of aryl methyl sites for hydroxylation is 2. The second-order valence-corrected chi connectivity index (χ2v) is 4.71. The fourth-order valence-corrected chi connectivity index (χ4v) is 2.11. The molecular weight excluding hydrogens is 244 g/mol. The first kappa shape index (κ1) is 15.5. The smallest absolute Gasteiger partial charge is 0.231 e. The second kappa shape index (κ2) is 7.10. The molecule has 0 spiro atoms. The second-order valence-electron chi connectivity index (χ2n) is 4.71. The third kappa shape index (κ3) is 4.22. The summed E-state index contributed by atoms with van der Waals surface area (Å²) in [5, 5.41) is 4.33. The highest BCUT2D eigenvalue weighted by Crippen LogP contribution is 2.19. The van der Waals surface area contributed by atoms with Gasteiger partial charge in [-0.2, -0.15) is 5.10 Å². The molecule has 1 aromatic rings. The average Bonchev–Trinajstić information content (AvgIpc) is 2.60. The summed E-state index contributed by atoms with van der Waals surface area (Å²) >= 11 is 0. The molecule has 1 aromatic heterocycles. The monoisotopic (exact) mass is 268 g/mol.